The predicted molar refractivity (Wildman–Crippen MR) is 116 cm³/mol. The molecule has 0 spiro atoms. The van der Waals surface area contributed by atoms with Gasteiger partial charge in [0.25, 0.3) is 0 Å². The van der Waals surface area contributed by atoms with Crippen LogP contribution in [-0.4, -0.2) is 27.5 Å². The summed E-state index contributed by atoms with van der Waals surface area (Å²) in [6, 6.07) is 16.2. The lowest BCUT2D eigenvalue weighted by atomic mass is 9.76. The predicted octanol–water partition coefficient (Wildman–Crippen LogP) is 3.57. The molecule has 0 unspecified atom stereocenters. The van der Waals surface area contributed by atoms with Gasteiger partial charge in [-0.25, -0.2) is 0 Å². The minimum absolute atomic E-state index is 0.388. The van der Waals surface area contributed by atoms with Crippen molar-refractivity contribution in [3.8, 4) is 16.9 Å². The average Bonchev–Trinajstić information content (AvgIpc) is 3.08. The van der Waals surface area contributed by atoms with Gasteiger partial charge in [-0.05, 0) is 57.3 Å². The van der Waals surface area contributed by atoms with Gasteiger partial charge < -0.3 is 13.9 Å². The molecule has 2 aromatic carbocycles. The summed E-state index contributed by atoms with van der Waals surface area (Å²) < 4.78 is 16.4. The van der Waals surface area contributed by atoms with Gasteiger partial charge in [-0.3, -0.25) is 9.98 Å². The van der Waals surface area contributed by atoms with Gasteiger partial charge in [0.15, 0.2) is 0 Å². The quantitative estimate of drug-likeness (QED) is 0.697. The minimum atomic E-state index is -0.424. The third kappa shape index (κ3) is 3.16. The molecular weight excluding hydrogens is 361 g/mol. The van der Waals surface area contributed by atoms with Gasteiger partial charge in [-0.2, -0.15) is 0 Å². The highest BCUT2D eigenvalue weighted by Gasteiger charge is 2.52. The van der Waals surface area contributed by atoms with Crippen LogP contribution in [0, 0.1) is 12.3 Å². The maximum Gasteiger partial charge on any atom is 0.495 e. The molecule has 150 valence electrons. The van der Waals surface area contributed by atoms with Crippen LogP contribution in [0.15, 0.2) is 54.7 Å². The molecule has 1 saturated heterocycles. The van der Waals surface area contributed by atoms with Crippen LogP contribution < -0.4 is 11.1 Å². The van der Waals surface area contributed by atoms with Crippen LogP contribution in [0.2, 0.25) is 0 Å². The van der Waals surface area contributed by atoms with E-state index >= 15 is 0 Å². The van der Waals surface area contributed by atoms with E-state index in [4.69, 9.17) is 14.7 Å². The maximum atomic E-state index is 8.67. The first-order chi connectivity index (χ1) is 13.6. The fraction of sp³-hybridized carbons (Fsp3) is 0.348. The molecule has 1 aliphatic rings. The Morgan fingerprint density at radius 1 is 0.897 bits per heavy atom. The third-order valence-corrected chi connectivity index (χ3v) is 6.34. The summed E-state index contributed by atoms with van der Waals surface area (Å²) in [5, 5.41) is 8.67. The first-order valence-corrected chi connectivity index (χ1v) is 9.96. The zero-order valence-corrected chi connectivity index (χ0v) is 18.0. The standard InChI is InChI=1S/C23H28BN3O2/c1-16-18(24-28-22(2,3)23(4,5)29-24)13-10-14-19(16)27-15-20(26(6)21(27)25)17-11-8-7-9-12-17/h7-15,25H,1-6H3. The van der Waals surface area contributed by atoms with Crippen molar-refractivity contribution in [2.24, 2.45) is 7.05 Å². The monoisotopic (exact) mass is 389 g/mol. The van der Waals surface area contributed by atoms with E-state index in [2.05, 4.69) is 46.8 Å². The molecule has 1 aliphatic heterocycles. The molecule has 1 N–H and O–H groups in total. The number of nitrogens with one attached hydrogen (secondary N) is 1. The molecule has 0 saturated carbocycles. The Hall–Kier alpha value is -2.57. The number of hydrogen-bond acceptors (Lipinski definition) is 3. The van der Waals surface area contributed by atoms with Crippen LogP contribution in [0.3, 0.4) is 0 Å². The molecular formula is C23H28BN3O2. The molecule has 1 fully saturated rings. The fourth-order valence-electron chi connectivity index (χ4n) is 3.73. The number of aromatic nitrogens is 2. The molecule has 5 nitrogen and oxygen atoms in total. The Labute approximate surface area is 172 Å². The molecule has 1 aromatic heterocycles. The second-order valence-electron chi connectivity index (χ2n) is 8.71. The van der Waals surface area contributed by atoms with Crippen LogP contribution >= 0.6 is 0 Å². The van der Waals surface area contributed by atoms with Gasteiger partial charge in [0.2, 0.25) is 5.62 Å². The summed E-state index contributed by atoms with van der Waals surface area (Å²) >= 11 is 0. The van der Waals surface area contributed by atoms with E-state index in [1.807, 2.05) is 58.8 Å². The molecule has 0 amide bonds. The Balaban J connectivity index is 1.79. The Kier molecular flexibility index (Phi) is 4.59. The highest BCUT2D eigenvalue weighted by molar-refractivity contribution is 6.62. The van der Waals surface area contributed by atoms with Crippen molar-refractivity contribution in [2.45, 2.75) is 45.8 Å². The van der Waals surface area contributed by atoms with Gasteiger partial charge in [-0.15, -0.1) is 0 Å². The van der Waals surface area contributed by atoms with Crippen molar-refractivity contribution in [3.05, 3.63) is 65.9 Å². The summed E-state index contributed by atoms with van der Waals surface area (Å²) in [6.07, 6.45) is 2.02. The normalized spacial score (nSPS) is 17.7. The maximum absolute atomic E-state index is 8.67. The summed E-state index contributed by atoms with van der Waals surface area (Å²) in [5.41, 5.74) is 4.73. The number of hydrogen-bond donors (Lipinski definition) is 1. The Morgan fingerprint density at radius 3 is 2.14 bits per heavy atom. The van der Waals surface area contributed by atoms with Crippen LogP contribution in [0.25, 0.3) is 16.9 Å². The van der Waals surface area contributed by atoms with E-state index < -0.39 is 7.12 Å². The van der Waals surface area contributed by atoms with Crippen molar-refractivity contribution < 1.29 is 9.31 Å². The second kappa shape index (κ2) is 6.75. The molecule has 6 heteroatoms. The van der Waals surface area contributed by atoms with Crippen molar-refractivity contribution in [1.82, 2.24) is 9.13 Å². The Bertz CT molecular complexity index is 1100. The summed E-state index contributed by atoms with van der Waals surface area (Å²) in [7, 11) is 1.50. The summed E-state index contributed by atoms with van der Waals surface area (Å²) in [4.78, 5) is 0. The van der Waals surface area contributed by atoms with E-state index in [1.165, 1.54) is 0 Å². The molecule has 3 aromatic rings. The SMILES string of the molecule is Cc1c(B2OC(C)(C)C(C)(C)O2)cccc1-n1cc(-c2ccccc2)n(C)c1=N. The zero-order valence-electron chi connectivity index (χ0n) is 18.0. The van der Waals surface area contributed by atoms with Crippen molar-refractivity contribution in [2.75, 3.05) is 0 Å². The topological polar surface area (TPSA) is 52.2 Å². The molecule has 0 atom stereocenters. The molecule has 2 heterocycles. The molecule has 0 bridgehead atoms. The number of imidazole rings is 1. The highest BCUT2D eigenvalue weighted by Crippen LogP contribution is 2.37. The largest absolute Gasteiger partial charge is 0.495 e. The minimum Gasteiger partial charge on any atom is -0.399 e. The van der Waals surface area contributed by atoms with Crippen molar-refractivity contribution >= 4 is 12.6 Å². The van der Waals surface area contributed by atoms with Crippen LogP contribution in [-0.2, 0) is 16.4 Å². The summed E-state index contributed by atoms with van der Waals surface area (Å²) in [5.74, 6) is 0. The highest BCUT2D eigenvalue weighted by atomic mass is 16.7. The smallest absolute Gasteiger partial charge is 0.399 e. The van der Waals surface area contributed by atoms with Crippen LogP contribution in [0.4, 0.5) is 0 Å². The van der Waals surface area contributed by atoms with Gasteiger partial charge in [0, 0.05) is 13.2 Å². The molecule has 29 heavy (non-hydrogen) atoms. The van der Waals surface area contributed by atoms with E-state index in [0.717, 1.165) is 28.0 Å². The molecule has 4 rings (SSSR count). The van der Waals surface area contributed by atoms with E-state index in [0.29, 0.717) is 5.62 Å². The number of benzene rings is 2. The van der Waals surface area contributed by atoms with Crippen LogP contribution in [0.1, 0.15) is 33.3 Å². The lowest BCUT2D eigenvalue weighted by Gasteiger charge is -2.32. The van der Waals surface area contributed by atoms with Gasteiger partial charge in [0.1, 0.15) is 0 Å². The molecule has 0 radical (unpaired) electrons. The van der Waals surface area contributed by atoms with Gasteiger partial charge in [0.05, 0.1) is 22.6 Å². The first kappa shape index (κ1) is 19.7. The summed E-state index contributed by atoms with van der Waals surface area (Å²) in [6.45, 7) is 10.3. The van der Waals surface area contributed by atoms with Gasteiger partial charge >= 0.3 is 7.12 Å². The zero-order chi connectivity index (χ0) is 21.0. The fourth-order valence-corrected chi connectivity index (χ4v) is 3.73. The lowest BCUT2D eigenvalue weighted by Crippen LogP contribution is -2.41. The van der Waals surface area contributed by atoms with E-state index in [-0.39, 0.29) is 11.2 Å². The first-order valence-electron chi connectivity index (χ1n) is 9.96. The average molecular weight is 389 g/mol. The second-order valence-corrected chi connectivity index (χ2v) is 8.71. The molecule has 0 aliphatic carbocycles. The number of rotatable bonds is 3. The van der Waals surface area contributed by atoms with Crippen LogP contribution in [0.5, 0.6) is 0 Å². The Morgan fingerprint density at radius 2 is 1.52 bits per heavy atom. The number of nitrogens with zero attached hydrogens (tertiary/aromatic N) is 2. The van der Waals surface area contributed by atoms with Crippen molar-refractivity contribution in [3.63, 3.8) is 0 Å². The van der Waals surface area contributed by atoms with Crippen molar-refractivity contribution in [1.29, 1.82) is 5.41 Å². The van der Waals surface area contributed by atoms with E-state index in [9.17, 15) is 0 Å². The van der Waals surface area contributed by atoms with E-state index in [1.54, 1.807) is 0 Å². The third-order valence-electron chi connectivity index (χ3n) is 6.34. The van der Waals surface area contributed by atoms with Gasteiger partial charge in [-0.1, -0.05) is 42.5 Å². The lowest BCUT2D eigenvalue weighted by molar-refractivity contribution is 0.00578.